The Morgan fingerprint density at radius 3 is 2.43 bits per heavy atom. The molecule has 3 nitrogen and oxygen atoms in total. The molecule has 0 unspecified atom stereocenters. The van der Waals surface area contributed by atoms with E-state index in [9.17, 15) is 4.79 Å². The third-order valence-electron chi connectivity index (χ3n) is 4.64. The van der Waals surface area contributed by atoms with Crippen molar-refractivity contribution in [3.63, 3.8) is 0 Å². The average Bonchev–Trinajstić information content (AvgIpc) is 2.99. The van der Waals surface area contributed by atoms with E-state index in [1.54, 1.807) is 24.3 Å². The lowest BCUT2D eigenvalue weighted by molar-refractivity contribution is 0.101. The number of hydrogen-bond acceptors (Lipinski definition) is 3. The molecule has 3 aromatic rings. The molecule has 0 fully saturated rings. The lowest BCUT2D eigenvalue weighted by atomic mass is 10.0. The fraction of sp³-hybridized carbons (Fsp3) is 0.125. The molecular weight excluding hydrogens is 372 g/mol. The Balaban J connectivity index is 1.55. The molecule has 4 rings (SSSR count). The van der Waals surface area contributed by atoms with Crippen molar-refractivity contribution in [1.29, 1.82) is 0 Å². The van der Waals surface area contributed by atoms with E-state index < -0.39 is 0 Å². The van der Waals surface area contributed by atoms with Crippen LogP contribution >= 0.6 is 11.6 Å². The fourth-order valence-corrected chi connectivity index (χ4v) is 3.25. The lowest BCUT2D eigenvalue weighted by Crippen LogP contribution is -2.00. The second kappa shape index (κ2) is 7.53. The monoisotopic (exact) mass is 390 g/mol. The van der Waals surface area contributed by atoms with Crippen LogP contribution in [0.4, 0.5) is 0 Å². The number of ether oxygens (including phenoxy) is 2. The molecule has 3 aromatic carbocycles. The zero-order valence-corrected chi connectivity index (χ0v) is 16.4. The molecule has 1 aliphatic heterocycles. The van der Waals surface area contributed by atoms with E-state index in [-0.39, 0.29) is 5.78 Å². The number of fused-ring (bicyclic) bond motifs is 1. The van der Waals surface area contributed by atoms with Gasteiger partial charge in [-0.2, -0.15) is 0 Å². The van der Waals surface area contributed by atoms with Crippen molar-refractivity contribution in [2.24, 2.45) is 0 Å². The third kappa shape index (κ3) is 3.80. The summed E-state index contributed by atoms with van der Waals surface area (Å²) in [7, 11) is 0. The largest absolute Gasteiger partial charge is 0.489 e. The Morgan fingerprint density at radius 2 is 1.71 bits per heavy atom. The number of Topliss-reactive ketones (excluding diaryl/α,β-unsaturated/α-hetero) is 1. The Hall–Kier alpha value is -3.04. The molecule has 0 bridgehead atoms. The molecule has 140 valence electrons. The molecule has 0 saturated heterocycles. The Morgan fingerprint density at radius 1 is 1.00 bits per heavy atom. The van der Waals surface area contributed by atoms with Gasteiger partial charge in [-0.3, -0.25) is 4.79 Å². The third-order valence-corrected chi connectivity index (χ3v) is 4.89. The molecule has 0 atom stereocenters. The lowest BCUT2D eigenvalue weighted by Gasteiger charge is -2.09. The van der Waals surface area contributed by atoms with E-state index >= 15 is 0 Å². The van der Waals surface area contributed by atoms with Crippen molar-refractivity contribution in [2.45, 2.75) is 20.5 Å². The summed E-state index contributed by atoms with van der Waals surface area (Å²) < 4.78 is 11.8. The molecule has 1 aliphatic rings. The van der Waals surface area contributed by atoms with Crippen LogP contribution in [-0.2, 0) is 6.61 Å². The van der Waals surface area contributed by atoms with E-state index in [2.05, 4.69) is 19.1 Å². The van der Waals surface area contributed by atoms with Crippen LogP contribution in [0.1, 0.15) is 32.6 Å². The van der Waals surface area contributed by atoms with Gasteiger partial charge >= 0.3 is 0 Å². The zero-order valence-electron chi connectivity index (χ0n) is 15.7. The number of carbonyl (C=O) groups excluding carboxylic acids is 1. The number of carbonyl (C=O) groups is 1. The molecule has 0 amide bonds. The molecular formula is C24H19ClO3. The van der Waals surface area contributed by atoms with Crippen LogP contribution in [0.5, 0.6) is 11.5 Å². The molecule has 0 saturated carbocycles. The van der Waals surface area contributed by atoms with Crippen molar-refractivity contribution in [1.82, 2.24) is 0 Å². The van der Waals surface area contributed by atoms with Gasteiger partial charge in [0.2, 0.25) is 5.78 Å². The van der Waals surface area contributed by atoms with Crippen molar-refractivity contribution >= 4 is 23.5 Å². The van der Waals surface area contributed by atoms with Gasteiger partial charge in [-0.25, -0.2) is 0 Å². The second-order valence-corrected chi connectivity index (χ2v) is 7.32. The van der Waals surface area contributed by atoms with E-state index in [1.807, 2.05) is 37.3 Å². The molecule has 4 heteroatoms. The van der Waals surface area contributed by atoms with Gasteiger partial charge in [-0.1, -0.05) is 53.6 Å². The zero-order chi connectivity index (χ0) is 19.7. The minimum atomic E-state index is -0.118. The smallest absolute Gasteiger partial charge is 0.232 e. The molecule has 1 heterocycles. The highest BCUT2D eigenvalue weighted by atomic mass is 35.5. The highest BCUT2D eigenvalue weighted by Crippen LogP contribution is 2.37. The van der Waals surface area contributed by atoms with Crippen LogP contribution in [0, 0.1) is 13.8 Å². The molecule has 0 radical (unpaired) electrons. The first-order valence-corrected chi connectivity index (χ1v) is 9.40. The normalized spacial score (nSPS) is 14.1. The van der Waals surface area contributed by atoms with Gasteiger partial charge in [0.25, 0.3) is 0 Å². The van der Waals surface area contributed by atoms with Crippen molar-refractivity contribution in [3.05, 3.63) is 99.3 Å². The highest BCUT2D eigenvalue weighted by molar-refractivity contribution is 6.30. The number of halogens is 1. The first kappa shape index (κ1) is 18.3. The predicted octanol–water partition coefficient (Wildman–Crippen LogP) is 6.15. The van der Waals surface area contributed by atoms with E-state index in [1.165, 1.54) is 5.56 Å². The van der Waals surface area contributed by atoms with E-state index in [4.69, 9.17) is 21.1 Å². The number of aryl methyl sites for hydroxylation is 2. The quantitative estimate of drug-likeness (QED) is 0.501. The maximum absolute atomic E-state index is 12.8. The number of rotatable bonds is 4. The minimum absolute atomic E-state index is 0.118. The van der Waals surface area contributed by atoms with Crippen LogP contribution in [0.2, 0.25) is 5.02 Å². The molecule has 0 spiro atoms. The van der Waals surface area contributed by atoms with Crippen LogP contribution in [-0.4, -0.2) is 5.78 Å². The summed E-state index contributed by atoms with van der Waals surface area (Å²) in [6.07, 6.45) is 1.73. The topological polar surface area (TPSA) is 35.5 Å². The summed E-state index contributed by atoms with van der Waals surface area (Å²) >= 11 is 5.92. The van der Waals surface area contributed by atoms with Crippen LogP contribution in [0.15, 0.2) is 66.4 Å². The van der Waals surface area contributed by atoms with Gasteiger partial charge in [0.05, 0.1) is 5.56 Å². The molecule has 28 heavy (non-hydrogen) atoms. The molecule has 0 N–H and O–H groups in total. The summed E-state index contributed by atoms with van der Waals surface area (Å²) in [5, 5.41) is 0.648. The van der Waals surface area contributed by atoms with E-state index in [0.29, 0.717) is 34.5 Å². The van der Waals surface area contributed by atoms with Crippen LogP contribution in [0.25, 0.3) is 6.08 Å². The van der Waals surface area contributed by atoms with Gasteiger partial charge in [-0.05, 0) is 54.8 Å². The van der Waals surface area contributed by atoms with Gasteiger partial charge in [0, 0.05) is 11.1 Å². The minimum Gasteiger partial charge on any atom is -0.489 e. The Kier molecular flexibility index (Phi) is 4.93. The van der Waals surface area contributed by atoms with Gasteiger partial charge in [0.15, 0.2) is 5.76 Å². The average molecular weight is 391 g/mol. The van der Waals surface area contributed by atoms with Crippen molar-refractivity contribution < 1.29 is 14.3 Å². The first-order valence-electron chi connectivity index (χ1n) is 9.02. The summed E-state index contributed by atoms with van der Waals surface area (Å²) in [4.78, 5) is 12.8. The number of allylic oxidation sites excluding steroid dienone is 1. The fourth-order valence-electron chi connectivity index (χ4n) is 3.12. The highest BCUT2D eigenvalue weighted by Gasteiger charge is 2.30. The second-order valence-electron chi connectivity index (χ2n) is 6.88. The Bertz CT molecular complexity index is 1060. The standard InChI is InChI=1S/C24H19ClO3/c1-15-3-5-18(6-4-15)14-27-20-11-16(2)23-21(13-20)28-22(24(23)26)12-17-7-9-19(25)10-8-17/h3-13H,14H2,1-2H3/b22-12-. The number of benzene rings is 3. The van der Waals surface area contributed by atoms with Gasteiger partial charge in [-0.15, -0.1) is 0 Å². The summed E-state index contributed by atoms with van der Waals surface area (Å²) in [5.74, 6) is 1.39. The van der Waals surface area contributed by atoms with Crippen LogP contribution in [0.3, 0.4) is 0 Å². The number of ketones is 1. The number of hydrogen-bond donors (Lipinski definition) is 0. The van der Waals surface area contributed by atoms with Crippen LogP contribution < -0.4 is 9.47 Å². The maximum Gasteiger partial charge on any atom is 0.232 e. The predicted molar refractivity (Wildman–Crippen MR) is 111 cm³/mol. The Labute approximate surface area is 169 Å². The van der Waals surface area contributed by atoms with Gasteiger partial charge < -0.3 is 9.47 Å². The van der Waals surface area contributed by atoms with E-state index in [0.717, 1.165) is 16.7 Å². The summed E-state index contributed by atoms with van der Waals surface area (Å²) in [6, 6.07) is 19.1. The summed E-state index contributed by atoms with van der Waals surface area (Å²) in [5.41, 5.74) is 4.57. The van der Waals surface area contributed by atoms with Crippen molar-refractivity contribution in [2.75, 3.05) is 0 Å². The SMILES string of the molecule is Cc1ccc(COc2cc(C)c3c(c2)O/C(=C\c2ccc(Cl)cc2)C3=O)cc1. The summed E-state index contributed by atoms with van der Waals surface area (Å²) in [6.45, 7) is 4.40. The maximum atomic E-state index is 12.8. The molecule has 0 aromatic heterocycles. The first-order chi connectivity index (χ1) is 13.5. The van der Waals surface area contributed by atoms with Gasteiger partial charge in [0.1, 0.15) is 18.1 Å². The molecule has 0 aliphatic carbocycles. The van der Waals surface area contributed by atoms with Crippen molar-refractivity contribution in [3.8, 4) is 11.5 Å².